The third-order valence-electron chi connectivity index (χ3n) is 2.83. The first-order valence-corrected chi connectivity index (χ1v) is 5.94. The van der Waals surface area contributed by atoms with Gasteiger partial charge in [-0.3, -0.25) is 4.79 Å². The molecule has 88 valence electrons. The highest BCUT2D eigenvalue weighted by atomic mass is 79.9. The molecular formula is C13H11BrO3. The zero-order chi connectivity index (χ0) is 12.6. The fourth-order valence-electron chi connectivity index (χ4n) is 1.71. The van der Waals surface area contributed by atoms with Crippen molar-refractivity contribution in [3.63, 3.8) is 0 Å². The molecule has 2 rings (SSSR count). The number of carboxylic acids is 1. The summed E-state index contributed by atoms with van der Waals surface area (Å²) in [6.45, 7) is 1.65. The van der Waals surface area contributed by atoms with Gasteiger partial charge in [0.25, 0.3) is 0 Å². The largest absolute Gasteiger partial charge is 0.507 e. The first kappa shape index (κ1) is 11.9. The van der Waals surface area contributed by atoms with Crippen molar-refractivity contribution in [3.8, 4) is 5.75 Å². The Morgan fingerprint density at radius 1 is 1.29 bits per heavy atom. The number of carbonyl (C=O) groups is 1. The Morgan fingerprint density at radius 3 is 2.65 bits per heavy atom. The smallest absolute Gasteiger partial charge is 0.310 e. The van der Waals surface area contributed by atoms with Crippen molar-refractivity contribution in [2.75, 3.05) is 0 Å². The van der Waals surface area contributed by atoms with Crippen LogP contribution in [0, 0.1) is 0 Å². The molecule has 2 aromatic rings. The van der Waals surface area contributed by atoms with Crippen LogP contribution in [-0.4, -0.2) is 16.2 Å². The van der Waals surface area contributed by atoms with Crippen LogP contribution in [0.3, 0.4) is 0 Å². The van der Waals surface area contributed by atoms with Crippen LogP contribution < -0.4 is 0 Å². The van der Waals surface area contributed by atoms with Crippen LogP contribution in [0.2, 0.25) is 0 Å². The summed E-state index contributed by atoms with van der Waals surface area (Å²) in [4.78, 5) is 10.9. The van der Waals surface area contributed by atoms with E-state index < -0.39 is 11.9 Å². The van der Waals surface area contributed by atoms with Gasteiger partial charge in [-0.2, -0.15) is 0 Å². The van der Waals surface area contributed by atoms with Gasteiger partial charge in [-0.05, 0) is 45.3 Å². The third-order valence-corrected chi connectivity index (χ3v) is 3.66. The maximum atomic E-state index is 10.9. The molecule has 0 spiro atoms. The fraction of sp³-hybridized carbons (Fsp3) is 0.154. The number of fused-ring (bicyclic) bond motifs is 1. The molecule has 0 fully saturated rings. The van der Waals surface area contributed by atoms with Crippen molar-refractivity contribution < 1.29 is 15.0 Å². The van der Waals surface area contributed by atoms with Gasteiger partial charge in [0.15, 0.2) is 0 Å². The summed E-state index contributed by atoms with van der Waals surface area (Å²) in [5, 5.41) is 20.3. The molecule has 0 aliphatic rings. The zero-order valence-electron chi connectivity index (χ0n) is 9.14. The van der Waals surface area contributed by atoms with E-state index in [1.165, 1.54) is 0 Å². The highest BCUT2D eigenvalue weighted by Crippen LogP contribution is 2.33. The molecule has 0 saturated carbocycles. The van der Waals surface area contributed by atoms with Crippen LogP contribution >= 0.6 is 15.9 Å². The SMILES string of the molecule is C[C@H](C(=O)O)c1ccc2c(Br)c(O)ccc2c1. The molecule has 0 bridgehead atoms. The number of carboxylic acid groups (broad SMARTS) is 1. The average molecular weight is 295 g/mol. The number of hydrogen-bond acceptors (Lipinski definition) is 2. The summed E-state index contributed by atoms with van der Waals surface area (Å²) in [5.41, 5.74) is 0.752. The lowest BCUT2D eigenvalue weighted by molar-refractivity contribution is -0.138. The number of phenolic OH excluding ortho intramolecular Hbond substituents is 1. The average Bonchev–Trinajstić information content (AvgIpc) is 2.32. The lowest BCUT2D eigenvalue weighted by atomic mass is 9.98. The Bertz CT molecular complexity index is 592. The maximum absolute atomic E-state index is 10.9. The zero-order valence-corrected chi connectivity index (χ0v) is 10.7. The Labute approximate surface area is 107 Å². The normalized spacial score (nSPS) is 12.6. The molecule has 2 N–H and O–H groups in total. The van der Waals surface area contributed by atoms with Crippen molar-refractivity contribution in [2.24, 2.45) is 0 Å². The van der Waals surface area contributed by atoms with Gasteiger partial charge >= 0.3 is 5.97 Å². The second kappa shape index (κ2) is 4.37. The van der Waals surface area contributed by atoms with E-state index >= 15 is 0 Å². The van der Waals surface area contributed by atoms with E-state index in [4.69, 9.17) is 5.11 Å². The molecule has 0 aliphatic carbocycles. The minimum Gasteiger partial charge on any atom is -0.507 e. The molecule has 0 saturated heterocycles. The molecule has 0 heterocycles. The molecule has 0 radical (unpaired) electrons. The minimum atomic E-state index is -0.845. The Morgan fingerprint density at radius 2 is 2.00 bits per heavy atom. The van der Waals surface area contributed by atoms with Crippen molar-refractivity contribution >= 4 is 32.7 Å². The van der Waals surface area contributed by atoms with E-state index in [-0.39, 0.29) is 5.75 Å². The van der Waals surface area contributed by atoms with E-state index in [0.717, 1.165) is 16.3 Å². The molecule has 0 unspecified atom stereocenters. The second-order valence-electron chi connectivity index (χ2n) is 3.94. The molecule has 3 nitrogen and oxygen atoms in total. The van der Waals surface area contributed by atoms with E-state index in [2.05, 4.69) is 15.9 Å². The first-order chi connectivity index (χ1) is 8.00. The summed E-state index contributed by atoms with van der Waals surface area (Å²) in [5.74, 6) is -1.20. The molecule has 4 heteroatoms. The predicted molar refractivity (Wildman–Crippen MR) is 69.4 cm³/mol. The minimum absolute atomic E-state index is 0.177. The van der Waals surface area contributed by atoms with Crippen molar-refractivity contribution in [1.29, 1.82) is 0 Å². The third kappa shape index (κ3) is 2.13. The summed E-state index contributed by atoms with van der Waals surface area (Å²) in [6, 6.07) is 8.77. The van der Waals surface area contributed by atoms with Crippen molar-refractivity contribution in [3.05, 3.63) is 40.4 Å². The van der Waals surface area contributed by atoms with Crippen LogP contribution in [0.15, 0.2) is 34.8 Å². The lowest BCUT2D eigenvalue weighted by Crippen LogP contribution is -2.07. The van der Waals surface area contributed by atoms with Crippen molar-refractivity contribution in [2.45, 2.75) is 12.8 Å². The predicted octanol–water partition coefficient (Wildman–Crippen LogP) is 3.50. The number of phenols is 1. The monoisotopic (exact) mass is 294 g/mol. The molecular weight excluding hydrogens is 284 g/mol. The van der Waals surface area contributed by atoms with E-state index in [1.807, 2.05) is 12.1 Å². The standard InChI is InChI=1S/C13H11BrO3/c1-7(13(16)17)8-2-4-10-9(6-8)3-5-11(15)12(10)14/h2-7,15H,1H3,(H,16,17)/t7-/m0/s1. The van der Waals surface area contributed by atoms with Gasteiger partial charge in [0.05, 0.1) is 10.4 Å². The maximum Gasteiger partial charge on any atom is 0.310 e. The van der Waals surface area contributed by atoms with E-state index in [1.54, 1.807) is 25.1 Å². The number of rotatable bonds is 2. The Balaban J connectivity index is 2.60. The van der Waals surface area contributed by atoms with Gasteiger partial charge in [0.1, 0.15) is 5.75 Å². The Hall–Kier alpha value is -1.55. The second-order valence-corrected chi connectivity index (χ2v) is 4.73. The molecule has 0 aliphatic heterocycles. The van der Waals surface area contributed by atoms with Crippen LogP contribution in [0.1, 0.15) is 18.4 Å². The first-order valence-electron chi connectivity index (χ1n) is 5.14. The summed E-state index contributed by atoms with van der Waals surface area (Å²) in [6.07, 6.45) is 0. The van der Waals surface area contributed by atoms with E-state index in [9.17, 15) is 9.90 Å². The van der Waals surface area contributed by atoms with Crippen LogP contribution in [0.5, 0.6) is 5.75 Å². The van der Waals surface area contributed by atoms with Crippen LogP contribution in [0.4, 0.5) is 0 Å². The van der Waals surface area contributed by atoms with Crippen LogP contribution in [-0.2, 0) is 4.79 Å². The van der Waals surface area contributed by atoms with Gasteiger partial charge in [-0.25, -0.2) is 0 Å². The number of aliphatic carboxylic acids is 1. The van der Waals surface area contributed by atoms with Gasteiger partial charge < -0.3 is 10.2 Å². The highest BCUT2D eigenvalue weighted by Gasteiger charge is 2.14. The van der Waals surface area contributed by atoms with Crippen LogP contribution in [0.25, 0.3) is 10.8 Å². The number of benzene rings is 2. The van der Waals surface area contributed by atoms with E-state index in [0.29, 0.717) is 4.47 Å². The van der Waals surface area contributed by atoms with Gasteiger partial charge in [-0.1, -0.05) is 24.3 Å². The van der Waals surface area contributed by atoms with Gasteiger partial charge in [0.2, 0.25) is 0 Å². The number of hydrogen-bond donors (Lipinski definition) is 2. The van der Waals surface area contributed by atoms with Gasteiger partial charge in [-0.15, -0.1) is 0 Å². The summed E-state index contributed by atoms with van der Waals surface area (Å²) >= 11 is 3.30. The molecule has 1 atom stereocenters. The molecule has 17 heavy (non-hydrogen) atoms. The number of halogens is 1. The quantitative estimate of drug-likeness (QED) is 0.891. The molecule has 0 aromatic heterocycles. The lowest BCUT2D eigenvalue weighted by Gasteiger charge is -2.09. The molecule has 2 aromatic carbocycles. The number of aromatic hydroxyl groups is 1. The molecule has 0 amide bonds. The summed E-state index contributed by atoms with van der Waals surface area (Å²) in [7, 11) is 0. The highest BCUT2D eigenvalue weighted by molar-refractivity contribution is 9.10. The fourth-order valence-corrected chi connectivity index (χ4v) is 2.20. The van der Waals surface area contributed by atoms with Crippen molar-refractivity contribution in [1.82, 2.24) is 0 Å². The Kier molecular flexibility index (Phi) is 3.07. The van der Waals surface area contributed by atoms with Gasteiger partial charge in [0, 0.05) is 0 Å². The topological polar surface area (TPSA) is 57.5 Å². The summed E-state index contributed by atoms with van der Waals surface area (Å²) < 4.78 is 0.629.